The van der Waals surface area contributed by atoms with Gasteiger partial charge in [-0.15, -0.1) is 0 Å². The lowest BCUT2D eigenvalue weighted by Gasteiger charge is -2.25. The van der Waals surface area contributed by atoms with E-state index >= 15 is 0 Å². The number of hydrogen-bond donors (Lipinski definition) is 1. The summed E-state index contributed by atoms with van der Waals surface area (Å²) in [5, 5.41) is 0. The van der Waals surface area contributed by atoms with Crippen LogP contribution in [-0.2, 0) is 18.0 Å². The maximum Gasteiger partial charge on any atom is 0.416 e. The molecule has 6 nitrogen and oxygen atoms in total. The largest absolute Gasteiger partial charge is 0.416 e. The number of aromatic nitrogens is 2. The van der Waals surface area contributed by atoms with Crippen LogP contribution in [0.3, 0.4) is 0 Å². The first kappa shape index (κ1) is 22.2. The number of rotatable bonds is 3. The predicted octanol–water partition coefficient (Wildman–Crippen LogP) is 2.73. The van der Waals surface area contributed by atoms with Gasteiger partial charge in [-0.05, 0) is 54.5 Å². The summed E-state index contributed by atoms with van der Waals surface area (Å²) in [6.45, 7) is 4.20. The minimum absolute atomic E-state index is 0.00362. The molecule has 0 bridgehead atoms. The van der Waals surface area contributed by atoms with E-state index in [1.165, 1.54) is 4.90 Å². The third-order valence-corrected chi connectivity index (χ3v) is 6.36. The zero-order valence-corrected chi connectivity index (χ0v) is 17.4. The van der Waals surface area contributed by atoms with Crippen LogP contribution in [0, 0.1) is 11.7 Å². The molecule has 1 amide bonds. The molecule has 3 atom stereocenters. The number of alkyl halides is 3. The first-order chi connectivity index (χ1) is 15.0. The Morgan fingerprint density at radius 1 is 1.38 bits per heavy atom. The first-order valence-electron chi connectivity index (χ1n) is 10.1. The van der Waals surface area contributed by atoms with Gasteiger partial charge in [0.1, 0.15) is 11.5 Å². The molecule has 0 radical (unpaired) electrons. The Balaban J connectivity index is 1.51. The van der Waals surface area contributed by atoms with Crippen molar-refractivity contribution in [3.63, 3.8) is 0 Å². The van der Waals surface area contributed by atoms with E-state index in [-0.39, 0.29) is 36.7 Å². The zero-order valence-electron chi connectivity index (χ0n) is 17.4. The van der Waals surface area contributed by atoms with Crippen molar-refractivity contribution < 1.29 is 22.4 Å². The van der Waals surface area contributed by atoms with Crippen molar-refractivity contribution in [2.45, 2.75) is 30.5 Å². The van der Waals surface area contributed by atoms with Gasteiger partial charge in [-0.1, -0.05) is 6.58 Å². The van der Waals surface area contributed by atoms with Crippen molar-refractivity contribution in [3.05, 3.63) is 71.5 Å². The van der Waals surface area contributed by atoms with Gasteiger partial charge in [-0.25, -0.2) is 14.4 Å². The fraction of sp³-hybridized carbons (Fsp3) is 0.409. The number of aryl methyl sites for hydroxylation is 1. The van der Waals surface area contributed by atoms with Crippen LogP contribution in [0.2, 0.25) is 0 Å². The maximum atomic E-state index is 13.8. The van der Waals surface area contributed by atoms with E-state index in [9.17, 15) is 22.4 Å². The van der Waals surface area contributed by atoms with E-state index in [1.807, 2.05) is 0 Å². The molecular formula is C22H23F4N5O. The van der Waals surface area contributed by atoms with Crippen LogP contribution in [0.5, 0.6) is 0 Å². The van der Waals surface area contributed by atoms with Crippen molar-refractivity contribution >= 4 is 5.91 Å². The van der Waals surface area contributed by atoms with E-state index < -0.39 is 34.9 Å². The molecule has 2 fully saturated rings. The predicted molar refractivity (Wildman–Crippen MR) is 108 cm³/mol. The van der Waals surface area contributed by atoms with Gasteiger partial charge in [0.2, 0.25) is 5.62 Å². The number of hydrogen-bond acceptors (Lipinski definition) is 4. The molecule has 10 heteroatoms. The van der Waals surface area contributed by atoms with Crippen molar-refractivity contribution in [1.29, 1.82) is 0 Å². The SMILES string of the molecule is C=C(N=c1ncccn1C)C(=O)N1C[C@H]2CC(c3cc(F)ccc3C(F)(F)F)C[C@@]2(N)C1. The highest BCUT2D eigenvalue weighted by atomic mass is 19.4. The van der Waals surface area contributed by atoms with E-state index in [2.05, 4.69) is 16.6 Å². The molecule has 1 aliphatic carbocycles. The van der Waals surface area contributed by atoms with Gasteiger partial charge >= 0.3 is 6.18 Å². The average molecular weight is 449 g/mol. The molecule has 4 rings (SSSR count). The molecule has 170 valence electrons. The average Bonchev–Trinajstić information content (AvgIpc) is 3.20. The molecule has 1 aromatic carbocycles. The molecule has 0 spiro atoms. The summed E-state index contributed by atoms with van der Waals surface area (Å²) >= 11 is 0. The quantitative estimate of drug-likeness (QED) is 0.578. The molecule has 2 N–H and O–H groups in total. The highest BCUT2D eigenvalue weighted by Crippen LogP contribution is 2.50. The number of carbonyl (C=O) groups excluding carboxylic acids is 1. The summed E-state index contributed by atoms with van der Waals surface area (Å²) in [7, 11) is 1.74. The monoisotopic (exact) mass is 449 g/mol. The number of nitrogens with two attached hydrogens (primary N) is 1. The number of nitrogens with zero attached hydrogens (tertiary/aromatic N) is 4. The van der Waals surface area contributed by atoms with Gasteiger partial charge in [0, 0.05) is 38.1 Å². The minimum atomic E-state index is -4.58. The molecule has 1 aliphatic heterocycles. The van der Waals surface area contributed by atoms with Gasteiger partial charge in [-0.2, -0.15) is 13.2 Å². The Hall–Kier alpha value is -3.01. The number of amides is 1. The lowest BCUT2D eigenvalue weighted by Crippen LogP contribution is -2.45. The smallest absolute Gasteiger partial charge is 0.335 e. The van der Waals surface area contributed by atoms with Crippen molar-refractivity contribution in [3.8, 4) is 0 Å². The number of benzene rings is 1. The summed E-state index contributed by atoms with van der Waals surface area (Å²) in [4.78, 5) is 22.7. The molecule has 32 heavy (non-hydrogen) atoms. The van der Waals surface area contributed by atoms with Crippen LogP contribution in [0.15, 0.2) is 53.9 Å². The van der Waals surface area contributed by atoms with Crippen LogP contribution in [0.1, 0.15) is 29.9 Å². The molecule has 1 saturated carbocycles. The molecule has 1 unspecified atom stereocenters. The highest BCUT2D eigenvalue weighted by molar-refractivity contribution is 5.92. The van der Waals surface area contributed by atoms with Crippen LogP contribution < -0.4 is 11.4 Å². The van der Waals surface area contributed by atoms with E-state index in [0.717, 1.165) is 18.2 Å². The Labute approximate surface area is 182 Å². The van der Waals surface area contributed by atoms with Crippen molar-refractivity contribution in [2.75, 3.05) is 13.1 Å². The van der Waals surface area contributed by atoms with Gasteiger partial charge in [0.15, 0.2) is 0 Å². The second kappa shape index (κ2) is 7.84. The van der Waals surface area contributed by atoms with E-state index in [0.29, 0.717) is 12.0 Å². The normalized spacial score (nSPS) is 25.8. The van der Waals surface area contributed by atoms with Crippen molar-refractivity contribution in [2.24, 2.45) is 23.7 Å². The summed E-state index contributed by atoms with van der Waals surface area (Å²) in [6.07, 6.45) is -0.724. The van der Waals surface area contributed by atoms with Crippen LogP contribution in [-0.4, -0.2) is 39.0 Å². The zero-order chi connectivity index (χ0) is 23.3. The number of halogens is 4. The standard InChI is InChI=1S/C22H23F4N5O/c1-13(29-20-28-6-3-7-30(20)2)19(32)31-11-15-8-14(10-21(15,27)12-31)17-9-16(23)4-5-18(17)22(24,25)26/h3-7,9,14-15H,1,8,10-12,27H2,2H3/t14?,15-,21-/m1/s1. The molecule has 2 heterocycles. The van der Waals surface area contributed by atoms with Gasteiger partial charge < -0.3 is 15.2 Å². The van der Waals surface area contributed by atoms with Crippen LogP contribution in [0.4, 0.5) is 17.6 Å². The fourth-order valence-corrected chi connectivity index (χ4v) is 4.84. The molecule has 1 saturated heterocycles. The Kier molecular flexibility index (Phi) is 5.44. The summed E-state index contributed by atoms with van der Waals surface area (Å²) < 4.78 is 55.8. The molecular weight excluding hydrogens is 426 g/mol. The number of carbonyl (C=O) groups is 1. The first-order valence-corrected chi connectivity index (χ1v) is 10.1. The Morgan fingerprint density at radius 3 is 2.78 bits per heavy atom. The molecule has 2 aromatic rings. The summed E-state index contributed by atoms with van der Waals surface area (Å²) in [5.41, 5.74) is 5.10. The molecule has 2 aliphatic rings. The lowest BCUT2D eigenvalue weighted by atomic mass is 9.89. The molecule has 1 aromatic heterocycles. The fourth-order valence-electron chi connectivity index (χ4n) is 4.84. The third kappa shape index (κ3) is 4.06. The summed E-state index contributed by atoms with van der Waals surface area (Å²) in [6, 6.07) is 4.27. The second-order valence-electron chi connectivity index (χ2n) is 8.57. The minimum Gasteiger partial charge on any atom is -0.335 e. The third-order valence-electron chi connectivity index (χ3n) is 6.36. The summed E-state index contributed by atoms with van der Waals surface area (Å²) in [5.74, 6) is -1.85. The van der Waals surface area contributed by atoms with Gasteiger partial charge in [0.05, 0.1) is 5.56 Å². The maximum absolute atomic E-state index is 13.8. The lowest BCUT2D eigenvalue weighted by molar-refractivity contribution is -0.138. The van der Waals surface area contributed by atoms with Crippen molar-refractivity contribution in [1.82, 2.24) is 14.5 Å². The van der Waals surface area contributed by atoms with Crippen LogP contribution >= 0.6 is 0 Å². The second-order valence-corrected chi connectivity index (χ2v) is 8.57. The number of fused-ring (bicyclic) bond motifs is 1. The number of likely N-dealkylation sites (tertiary alicyclic amines) is 1. The highest BCUT2D eigenvalue weighted by Gasteiger charge is 2.53. The Morgan fingerprint density at radius 2 is 2.12 bits per heavy atom. The van der Waals surface area contributed by atoms with E-state index in [1.54, 1.807) is 30.1 Å². The van der Waals surface area contributed by atoms with E-state index in [4.69, 9.17) is 5.73 Å². The van der Waals surface area contributed by atoms with Gasteiger partial charge in [0.25, 0.3) is 5.91 Å². The van der Waals surface area contributed by atoms with Gasteiger partial charge in [-0.3, -0.25) is 4.79 Å². The topological polar surface area (TPSA) is 76.5 Å². The van der Waals surface area contributed by atoms with Crippen LogP contribution in [0.25, 0.3) is 0 Å². The Bertz CT molecular complexity index is 1140.